The number of carboxylic acid groups (broad SMARTS) is 1. The topological polar surface area (TPSA) is 95.6 Å². The van der Waals surface area contributed by atoms with Gasteiger partial charge in [-0.25, -0.2) is 18.8 Å². The first-order chi connectivity index (χ1) is 16.3. The van der Waals surface area contributed by atoms with Crippen LogP contribution in [0.5, 0.6) is 11.5 Å². The highest BCUT2D eigenvalue weighted by Gasteiger charge is 2.32. The Hall–Kier alpha value is -3.76. The summed E-state index contributed by atoms with van der Waals surface area (Å²) in [7, 11) is 0. The van der Waals surface area contributed by atoms with Gasteiger partial charge < -0.3 is 14.6 Å². The fraction of sp³-hybridized carbons (Fsp3) is 0.375. The zero-order valence-electron chi connectivity index (χ0n) is 19.7. The molecular formula is C24H26F3N3O5. The van der Waals surface area contributed by atoms with Gasteiger partial charge in [-0.05, 0) is 67.6 Å². The van der Waals surface area contributed by atoms with E-state index in [4.69, 9.17) is 4.74 Å². The Balaban J connectivity index is 1.89. The normalized spacial score (nSPS) is 12.0. The first-order valence-corrected chi connectivity index (χ1v) is 10.9. The molecule has 188 valence electrons. The Morgan fingerprint density at radius 1 is 1.03 bits per heavy atom. The number of aryl methyl sites for hydroxylation is 2. The van der Waals surface area contributed by atoms with Crippen molar-refractivity contribution in [3.63, 3.8) is 0 Å². The maximum Gasteiger partial charge on any atom is 0.573 e. The van der Waals surface area contributed by atoms with Crippen molar-refractivity contribution in [1.29, 1.82) is 0 Å². The van der Waals surface area contributed by atoms with Crippen LogP contribution in [0.3, 0.4) is 0 Å². The lowest BCUT2D eigenvalue weighted by Crippen LogP contribution is -2.38. The van der Waals surface area contributed by atoms with Gasteiger partial charge in [-0.1, -0.05) is 26.0 Å². The van der Waals surface area contributed by atoms with Crippen LogP contribution in [0.15, 0.2) is 47.5 Å². The van der Waals surface area contributed by atoms with Crippen LogP contribution >= 0.6 is 0 Å². The van der Waals surface area contributed by atoms with Gasteiger partial charge in [-0.2, -0.15) is 5.10 Å². The van der Waals surface area contributed by atoms with E-state index in [9.17, 15) is 27.9 Å². The second-order valence-corrected chi connectivity index (χ2v) is 8.35. The van der Waals surface area contributed by atoms with Crippen LogP contribution in [0.1, 0.15) is 44.4 Å². The summed E-state index contributed by atoms with van der Waals surface area (Å²) in [5.74, 6) is -0.958. The highest BCUT2D eigenvalue weighted by molar-refractivity contribution is 5.77. The van der Waals surface area contributed by atoms with Gasteiger partial charge in [0, 0.05) is 0 Å². The van der Waals surface area contributed by atoms with Crippen molar-refractivity contribution < 1.29 is 32.5 Å². The van der Waals surface area contributed by atoms with Gasteiger partial charge in [0.25, 0.3) is 0 Å². The minimum Gasteiger partial charge on any atom is -0.478 e. The van der Waals surface area contributed by atoms with Crippen LogP contribution in [0, 0.1) is 0 Å². The molecule has 3 aromatic rings. The van der Waals surface area contributed by atoms with Gasteiger partial charge in [-0.15, -0.1) is 13.2 Å². The molecule has 0 aliphatic carbocycles. The number of rotatable bonds is 9. The molecule has 0 unspecified atom stereocenters. The summed E-state index contributed by atoms with van der Waals surface area (Å²) in [5, 5.41) is 13.6. The number of ether oxygens (including phenoxy) is 2. The molecule has 1 heterocycles. The maximum absolute atomic E-state index is 12.9. The number of hydrogen-bond donors (Lipinski definition) is 1. The molecule has 1 aromatic heterocycles. The van der Waals surface area contributed by atoms with E-state index in [1.54, 1.807) is 0 Å². The van der Waals surface area contributed by atoms with Gasteiger partial charge in [0.15, 0.2) is 5.60 Å². The van der Waals surface area contributed by atoms with Crippen molar-refractivity contribution in [3.05, 3.63) is 69.9 Å². The summed E-state index contributed by atoms with van der Waals surface area (Å²) in [5.41, 5.74) is 0.839. The summed E-state index contributed by atoms with van der Waals surface area (Å²) >= 11 is 0. The zero-order valence-corrected chi connectivity index (χ0v) is 19.7. The number of hydrogen-bond acceptors (Lipinski definition) is 5. The summed E-state index contributed by atoms with van der Waals surface area (Å²) in [4.78, 5) is 24.4. The van der Waals surface area contributed by atoms with E-state index in [-0.39, 0.29) is 6.54 Å². The fourth-order valence-electron chi connectivity index (χ4n) is 3.48. The van der Waals surface area contributed by atoms with Crippen LogP contribution < -0.4 is 15.2 Å². The molecule has 8 nitrogen and oxygen atoms in total. The predicted octanol–water partition coefficient (Wildman–Crippen LogP) is 4.35. The average Bonchev–Trinajstić information content (AvgIpc) is 3.13. The average molecular weight is 493 g/mol. The number of halogens is 3. The monoisotopic (exact) mass is 493 g/mol. The van der Waals surface area contributed by atoms with Crippen molar-refractivity contribution >= 4 is 5.97 Å². The highest BCUT2D eigenvalue weighted by Crippen LogP contribution is 2.31. The van der Waals surface area contributed by atoms with Crippen LogP contribution in [-0.2, 0) is 24.2 Å². The number of carboxylic acids is 1. The third-order valence-electron chi connectivity index (χ3n) is 5.35. The minimum atomic E-state index is -4.80. The second-order valence-electron chi connectivity index (χ2n) is 8.35. The molecule has 0 radical (unpaired) electrons. The molecule has 0 fully saturated rings. The van der Waals surface area contributed by atoms with E-state index < -0.39 is 29.4 Å². The van der Waals surface area contributed by atoms with Crippen molar-refractivity contribution in [2.75, 3.05) is 0 Å². The molecule has 1 N–H and O–H groups in total. The van der Waals surface area contributed by atoms with E-state index in [0.717, 1.165) is 28.8 Å². The molecule has 0 atom stereocenters. The van der Waals surface area contributed by atoms with E-state index in [2.05, 4.69) is 9.84 Å². The summed E-state index contributed by atoms with van der Waals surface area (Å²) in [6, 6.07) is 8.59. The Morgan fingerprint density at radius 2 is 1.60 bits per heavy atom. The lowest BCUT2D eigenvalue weighted by atomic mass is 9.99. The Morgan fingerprint density at radius 3 is 2.09 bits per heavy atom. The predicted molar refractivity (Wildman–Crippen MR) is 121 cm³/mol. The number of nitrogens with zero attached hydrogens (tertiary/aromatic N) is 3. The summed E-state index contributed by atoms with van der Waals surface area (Å²) in [6.45, 7) is 6.95. The SMILES string of the molecule is CCc1cc(Cn2ncn(-c3ccc(OC(F)(F)F)cc3)c2=O)cc(CC)c1OC(C)(C)C(=O)O. The lowest BCUT2D eigenvalue weighted by molar-refractivity contribution is -0.274. The molecule has 2 aromatic carbocycles. The first-order valence-electron chi connectivity index (χ1n) is 10.9. The molecule has 0 spiro atoms. The van der Waals surface area contributed by atoms with Crippen LogP contribution in [0.4, 0.5) is 13.2 Å². The van der Waals surface area contributed by atoms with Crippen LogP contribution in [0.2, 0.25) is 0 Å². The quantitative estimate of drug-likeness (QED) is 0.476. The summed E-state index contributed by atoms with van der Waals surface area (Å²) in [6.07, 6.45) is -2.35. The molecule has 35 heavy (non-hydrogen) atoms. The third kappa shape index (κ3) is 6.03. The Bertz CT molecular complexity index is 1240. The molecule has 0 aliphatic rings. The van der Waals surface area contributed by atoms with Crippen molar-refractivity contribution in [3.8, 4) is 17.2 Å². The highest BCUT2D eigenvalue weighted by atomic mass is 19.4. The van der Waals surface area contributed by atoms with Gasteiger partial charge in [0.2, 0.25) is 0 Å². The maximum atomic E-state index is 12.9. The second kappa shape index (κ2) is 9.85. The fourth-order valence-corrected chi connectivity index (χ4v) is 3.48. The smallest absolute Gasteiger partial charge is 0.478 e. The van der Waals surface area contributed by atoms with Crippen LogP contribution in [-0.4, -0.2) is 37.4 Å². The molecule has 0 amide bonds. The van der Waals surface area contributed by atoms with Crippen LogP contribution in [0.25, 0.3) is 5.69 Å². The van der Waals surface area contributed by atoms with E-state index in [1.807, 2.05) is 26.0 Å². The molecular weight excluding hydrogens is 467 g/mol. The molecule has 0 aliphatic heterocycles. The number of alkyl halides is 3. The van der Waals surface area contributed by atoms with Gasteiger partial charge in [0.05, 0.1) is 12.2 Å². The zero-order chi connectivity index (χ0) is 26.0. The standard InChI is InChI=1S/C24H26F3N3O5/c1-5-16-11-15(12-17(6-2)20(16)35-23(3,4)21(31)32)13-30-22(33)29(14-28-30)18-7-9-19(10-8-18)34-24(25,26)27/h7-12,14H,5-6,13H2,1-4H3,(H,31,32). The van der Waals surface area contributed by atoms with Crippen molar-refractivity contribution in [1.82, 2.24) is 14.3 Å². The first kappa shape index (κ1) is 25.9. The van der Waals surface area contributed by atoms with E-state index in [0.29, 0.717) is 24.3 Å². The van der Waals surface area contributed by atoms with Gasteiger partial charge >= 0.3 is 18.0 Å². The van der Waals surface area contributed by atoms with Crippen molar-refractivity contribution in [2.24, 2.45) is 0 Å². The number of benzene rings is 2. The Labute approximate surface area is 199 Å². The van der Waals surface area contributed by atoms with Gasteiger partial charge in [-0.3, -0.25) is 0 Å². The Kier molecular flexibility index (Phi) is 7.27. The molecule has 0 saturated heterocycles. The van der Waals surface area contributed by atoms with Gasteiger partial charge in [0.1, 0.15) is 17.8 Å². The van der Waals surface area contributed by atoms with E-state index >= 15 is 0 Å². The lowest BCUT2D eigenvalue weighted by Gasteiger charge is -2.25. The molecule has 3 rings (SSSR count). The van der Waals surface area contributed by atoms with E-state index in [1.165, 1.54) is 41.6 Å². The number of aliphatic carboxylic acids is 1. The molecule has 11 heteroatoms. The molecule has 0 saturated carbocycles. The third-order valence-corrected chi connectivity index (χ3v) is 5.35. The number of carbonyl (C=O) groups is 1. The minimum absolute atomic E-state index is 0.143. The molecule has 0 bridgehead atoms. The summed E-state index contributed by atoms with van der Waals surface area (Å²) < 4.78 is 49.3. The number of aromatic nitrogens is 3. The van der Waals surface area contributed by atoms with Crippen molar-refractivity contribution in [2.45, 2.75) is 59.0 Å². The largest absolute Gasteiger partial charge is 0.573 e.